The second-order valence-electron chi connectivity index (χ2n) is 4.78. The smallest absolute Gasteiger partial charge is 0.315 e. The van der Waals surface area contributed by atoms with E-state index >= 15 is 0 Å². The highest BCUT2D eigenvalue weighted by Crippen LogP contribution is 2.18. The van der Waals surface area contributed by atoms with Crippen molar-refractivity contribution in [3.63, 3.8) is 0 Å². The van der Waals surface area contributed by atoms with E-state index in [1.165, 1.54) is 0 Å². The maximum absolute atomic E-state index is 11.8. The average Bonchev–Trinajstić information content (AvgIpc) is 2.47. The molecule has 1 aromatic rings. The second-order valence-corrected chi connectivity index (χ2v) is 4.78. The summed E-state index contributed by atoms with van der Waals surface area (Å²) in [6, 6.07) is 3.62. The highest BCUT2D eigenvalue weighted by molar-refractivity contribution is 5.74. The van der Waals surface area contributed by atoms with Crippen molar-refractivity contribution in [1.29, 1.82) is 0 Å². The van der Waals surface area contributed by atoms with Gasteiger partial charge in [-0.1, -0.05) is 0 Å². The molecular formula is C13H20N4O2. The number of rotatable bonds is 4. The predicted octanol–water partition coefficient (Wildman–Crippen LogP) is 1.09. The Morgan fingerprint density at radius 3 is 3.00 bits per heavy atom. The van der Waals surface area contributed by atoms with Crippen LogP contribution < -0.4 is 10.6 Å². The number of aromatic nitrogens is 2. The van der Waals surface area contributed by atoms with E-state index in [1.807, 2.05) is 13.0 Å². The Kier molecular flexibility index (Phi) is 5.09. The number of hydrogen-bond donors (Lipinski definition) is 2. The van der Waals surface area contributed by atoms with E-state index in [4.69, 9.17) is 4.74 Å². The van der Waals surface area contributed by atoms with Crippen LogP contribution in [0.3, 0.4) is 0 Å². The molecule has 1 saturated heterocycles. The van der Waals surface area contributed by atoms with Gasteiger partial charge in [0, 0.05) is 25.5 Å². The first-order valence-electron chi connectivity index (χ1n) is 6.64. The van der Waals surface area contributed by atoms with Crippen molar-refractivity contribution in [3.05, 3.63) is 24.0 Å². The molecule has 0 bridgehead atoms. The van der Waals surface area contributed by atoms with E-state index in [-0.39, 0.29) is 12.1 Å². The third kappa shape index (κ3) is 4.48. The van der Waals surface area contributed by atoms with E-state index in [0.717, 1.165) is 31.7 Å². The van der Waals surface area contributed by atoms with Gasteiger partial charge in [-0.15, -0.1) is 0 Å². The van der Waals surface area contributed by atoms with Gasteiger partial charge in [0.15, 0.2) is 0 Å². The van der Waals surface area contributed by atoms with Gasteiger partial charge < -0.3 is 15.4 Å². The number of carbonyl (C=O) groups is 1. The monoisotopic (exact) mass is 264 g/mol. The summed E-state index contributed by atoms with van der Waals surface area (Å²) >= 11 is 0. The quantitative estimate of drug-likeness (QED) is 0.853. The minimum atomic E-state index is -0.162. The third-order valence-corrected chi connectivity index (χ3v) is 3.39. The van der Waals surface area contributed by atoms with E-state index in [9.17, 15) is 4.79 Å². The summed E-state index contributed by atoms with van der Waals surface area (Å²) in [5.74, 6) is 0.496. The van der Waals surface area contributed by atoms with Crippen molar-refractivity contribution < 1.29 is 9.53 Å². The number of carbonyl (C=O) groups excluding carboxylic acids is 1. The molecular weight excluding hydrogens is 244 g/mol. The number of ether oxygens (including phenoxy) is 1. The average molecular weight is 264 g/mol. The van der Waals surface area contributed by atoms with Crippen molar-refractivity contribution in [2.75, 3.05) is 13.2 Å². The lowest BCUT2D eigenvalue weighted by atomic mass is 9.93. The second kappa shape index (κ2) is 7.04. The number of urea groups is 1. The summed E-state index contributed by atoms with van der Waals surface area (Å²) in [6.45, 7) is 4.01. The van der Waals surface area contributed by atoms with Gasteiger partial charge in [0.05, 0.1) is 12.2 Å². The molecule has 0 radical (unpaired) electrons. The fourth-order valence-corrected chi connectivity index (χ4v) is 2.19. The molecule has 1 unspecified atom stereocenters. The highest BCUT2D eigenvalue weighted by atomic mass is 16.5. The van der Waals surface area contributed by atoms with E-state index < -0.39 is 0 Å². The van der Waals surface area contributed by atoms with Gasteiger partial charge in [0.1, 0.15) is 0 Å². The van der Waals surface area contributed by atoms with Crippen LogP contribution in [-0.2, 0) is 11.3 Å². The Bertz CT molecular complexity index is 393. The number of nitrogens with zero attached hydrogens (tertiary/aromatic N) is 2. The standard InChI is InChI=1S/C13H20N4O2/c1-10(11-4-7-19-8-5-11)16-13(18)14-9-12-3-2-6-15-17-12/h2-3,6,10-11H,4-5,7-9H2,1H3,(H2,14,16,18). The molecule has 2 heterocycles. The molecule has 19 heavy (non-hydrogen) atoms. The van der Waals surface area contributed by atoms with Gasteiger partial charge >= 0.3 is 6.03 Å². The summed E-state index contributed by atoms with van der Waals surface area (Å²) in [5.41, 5.74) is 0.747. The van der Waals surface area contributed by atoms with Crippen LogP contribution in [0.5, 0.6) is 0 Å². The lowest BCUT2D eigenvalue weighted by Gasteiger charge is -2.28. The van der Waals surface area contributed by atoms with Crippen molar-refractivity contribution in [3.8, 4) is 0 Å². The van der Waals surface area contributed by atoms with Gasteiger partial charge in [0.2, 0.25) is 0 Å². The van der Waals surface area contributed by atoms with E-state index in [0.29, 0.717) is 12.5 Å². The molecule has 0 aliphatic carbocycles. The number of amides is 2. The molecule has 0 saturated carbocycles. The van der Waals surface area contributed by atoms with Gasteiger partial charge in [-0.3, -0.25) is 0 Å². The maximum Gasteiger partial charge on any atom is 0.315 e. The van der Waals surface area contributed by atoms with Gasteiger partial charge in [0.25, 0.3) is 0 Å². The highest BCUT2D eigenvalue weighted by Gasteiger charge is 2.21. The molecule has 1 aromatic heterocycles. The van der Waals surface area contributed by atoms with E-state index in [2.05, 4.69) is 20.8 Å². The molecule has 0 spiro atoms. The molecule has 6 nitrogen and oxygen atoms in total. The zero-order valence-electron chi connectivity index (χ0n) is 11.1. The molecule has 1 atom stereocenters. The minimum absolute atomic E-state index is 0.158. The largest absolute Gasteiger partial charge is 0.381 e. The summed E-state index contributed by atoms with van der Waals surface area (Å²) < 4.78 is 5.32. The molecule has 104 valence electrons. The topological polar surface area (TPSA) is 76.1 Å². The summed E-state index contributed by atoms with van der Waals surface area (Å²) in [7, 11) is 0. The van der Waals surface area contributed by atoms with Crippen LogP contribution in [0, 0.1) is 5.92 Å². The van der Waals surface area contributed by atoms with Crippen LogP contribution >= 0.6 is 0 Å². The minimum Gasteiger partial charge on any atom is -0.381 e. The Morgan fingerprint density at radius 1 is 1.53 bits per heavy atom. The SMILES string of the molecule is CC(NC(=O)NCc1cccnn1)C1CCOCC1. The summed E-state index contributed by atoms with van der Waals surface area (Å²) in [4.78, 5) is 11.8. The van der Waals surface area contributed by atoms with Crippen molar-refractivity contribution >= 4 is 6.03 Å². The molecule has 1 aliphatic heterocycles. The lowest BCUT2D eigenvalue weighted by molar-refractivity contribution is 0.0571. The fourth-order valence-electron chi connectivity index (χ4n) is 2.19. The molecule has 1 fully saturated rings. The molecule has 2 amide bonds. The molecule has 2 rings (SSSR count). The van der Waals surface area contributed by atoms with Crippen molar-refractivity contribution in [2.45, 2.75) is 32.4 Å². The maximum atomic E-state index is 11.8. The van der Waals surface area contributed by atoms with E-state index in [1.54, 1.807) is 12.3 Å². The Balaban J connectivity index is 1.71. The Morgan fingerprint density at radius 2 is 2.32 bits per heavy atom. The normalized spacial score (nSPS) is 17.7. The van der Waals surface area contributed by atoms with Crippen LogP contribution in [0.15, 0.2) is 18.3 Å². The van der Waals surface area contributed by atoms with Crippen LogP contribution in [-0.4, -0.2) is 35.5 Å². The van der Waals surface area contributed by atoms with Crippen LogP contribution in [0.2, 0.25) is 0 Å². The first kappa shape index (κ1) is 13.7. The first-order chi connectivity index (χ1) is 9.25. The zero-order chi connectivity index (χ0) is 13.5. The fraction of sp³-hybridized carbons (Fsp3) is 0.615. The van der Waals surface area contributed by atoms with Crippen LogP contribution in [0.4, 0.5) is 4.79 Å². The molecule has 1 aliphatic rings. The predicted molar refractivity (Wildman–Crippen MR) is 70.4 cm³/mol. The Labute approximate surface area is 112 Å². The van der Waals surface area contributed by atoms with Gasteiger partial charge in [-0.05, 0) is 37.8 Å². The van der Waals surface area contributed by atoms with Crippen LogP contribution in [0.25, 0.3) is 0 Å². The van der Waals surface area contributed by atoms with Crippen LogP contribution in [0.1, 0.15) is 25.5 Å². The molecule has 2 N–H and O–H groups in total. The van der Waals surface area contributed by atoms with Gasteiger partial charge in [-0.2, -0.15) is 10.2 Å². The number of hydrogen-bond acceptors (Lipinski definition) is 4. The third-order valence-electron chi connectivity index (χ3n) is 3.39. The number of nitrogens with one attached hydrogen (secondary N) is 2. The Hall–Kier alpha value is -1.69. The summed E-state index contributed by atoms with van der Waals surface area (Å²) in [6.07, 6.45) is 3.62. The molecule has 6 heteroatoms. The zero-order valence-corrected chi connectivity index (χ0v) is 11.1. The molecule has 0 aromatic carbocycles. The van der Waals surface area contributed by atoms with Gasteiger partial charge in [-0.25, -0.2) is 4.79 Å². The van der Waals surface area contributed by atoms with Crippen molar-refractivity contribution in [1.82, 2.24) is 20.8 Å². The van der Waals surface area contributed by atoms with Crippen molar-refractivity contribution in [2.24, 2.45) is 5.92 Å². The first-order valence-corrected chi connectivity index (χ1v) is 6.64. The lowest BCUT2D eigenvalue weighted by Crippen LogP contribution is -2.45. The summed E-state index contributed by atoms with van der Waals surface area (Å²) in [5, 5.41) is 13.4.